The van der Waals surface area contributed by atoms with E-state index in [1.54, 1.807) is 6.92 Å². The molecule has 0 radical (unpaired) electrons. The highest BCUT2D eigenvalue weighted by molar-refractivity contribution is 5.70. The van der Waals surface area contributed by atoms with E-state index in [4.69, 9.17) is 4.74 Å². The Hall–Kier alpha value is -1.57. The fraction of sp³-hybridized carbons (Fsp3) is 0.550. The summed E-state index contributed by atoms with van der Waals surface area (Å²) in [5, 5.41) is 0. The van der Waals surface area contributed by atoms with E-state index in [2.05, 4.69) is 18.7 Å². The fourth-order valence-electron chi connectivity index (χ4n) is 1.61. The van der Waals surface area contributed by atoms with Crippen molar-refractivity contribution in [2.75, 3.05) is 0 Å². The van der Waals surface area contributed by atoms with Crippen LogP contribution in [0.3, 0.4) is 0 Å². The minimum absolute atomic E-state index is 0.198. The maximum Gasteiger partial charge on any atom is 0.311 e. The lowest BCUT2D eigenvalue weighted by atomic mass is 9.98. The molecule has 1 unspecified atom stereocenters. The molecular formula is C20H36O2. The lowest BCUT2D eigenvalue weighted by Crippen LogP contribution is -2.10. The Morgan fingerprint density at radius 3 is 1.91 bits per heavy atom. The molecule has 0 heterocycles. The van der Waals surface area contributed by atoms with E-state index in [0.717, 1.165) is 6.42 Å². The second kappa shape index (κ2) is 19.4. The van der Waals surface area contributed by atoms with Gasteiger partial charge in [-0.05, 0) is 24.8 Å². The third-order valence-electron chi connectivity index (χ3n) is 2.23. The summed E-state index contributed by atoms with van der Waals surface area (Å²) in [7, 11) is 0. The van der Waals surface area contributed by atoms with Gasteiger partial charge in [-0.3, -0.25) is 4.79 Å². The first-order valence-electron chi connectivity index (χ1n) is 8.48. The highest BCUT2D eigenvalue weighted by Crippen LogP contribution is 2.12. The van der Waals surface area contributed by atoms with Crippen molar-refractivity contribution in [3.8, 4) is 0 Å². The van der Waals surface area contributed by atoms with Crippen LogP contribution in [0.2, 0.25) is 0 Å². The molecule has 128 valence electrons. The largest absolute Gasteiger partial charge is 0.432 e. The zero-order valence-corrected chi connectivity index (χ0v) is 15.9. The Balaban J connectivity index is -0.000000535. The third kappa shape index (κ3) is 16.5. The van der Waals surface area contributed by atoms with Crippen LogP contribution < -0.4 is 0 Å². The van der Waals surface area contributed by atoms with Gasteiger partial charge in [0, 0.05) is 6.42 Å². The van der Waals surface area contributed by atoms with Gasteiger partial charge in [0.15, 0.2) is 0 Å². The van der Waals surface area contributed by atoms with Crippen LogP contribution >= 0.6 is 0 Å². The number of ether oxygens (including phenoxy) is 1. The lowest BCUT2D eigenvalue weighted by Gasteiger charge is -2.10. The second-order valence-electron chi connectivity index (χ2n) is 4.18. The van der Waals surface area contributed by atoms with Crippen LogP contribution in [0, 0.1) is 5.92 Å². The molecule has 0 fully saturated rings. The molecule has 1 aromatic rings. The molecule has 0 spiro atoms. The van der Waals surface area contributed by atoms with Gasteiger partial charge in [-0.15, -0.1) is 0 Å². The quantitative estimate of drug-likeness (QED) is 0.464. The van der Waals surface area contributed by atoms with Crippen LogP contribution in [0.4, 0.5) is 0 Å². The van der Waals surface area contributed by atoms with Gasteiger partial charge in [0.1, 0.15) is 0 Å². The van der Waals surface area contributed by atoms with Crippen LogP contribution in [0.5, 0.6) is 0 Å². The van der Waals surface area contributed by atoms with E-state index < -0.39 is 0 Å². The standard InChI is InChI=1S/C14H18O2.3C2H6/c1-11(2)16-14(15)10-12(3)9-13-7-5-4-6-8-13;3*1-2/h4-8,12H,1,9-10H2,2-3H3;3*1-2H3. The van der Waals surface area contributed by atoms with E-state index in [-0.39, 0.29) is 11.9 Å². The first-order valence-corrected chi connectivity index (χ1v) is 8.48. The SMILES string of the molecule is C=C(C)OC(=O)CC(C)Cc1ccccc1.CC.CC.CC. The summed E-state index contributed by atoms with van der Waals surface area (Å²) in [6.07, 6.45) is 1.33. The first kappa shape index (κ1) is 25.4. The lowest BCUT2D eigenvalue weighted by molar-refractivity contribution is -0.140. The predicted octanol–water partition coefficient (Wildman–Crippen LogP) is 6.41. The fourth-order valence-corrected chi connectivity index (χ4v) is 1.61. The average Bonchev–Trinajstić information content (AvgIpc) is 2.53. The van der Waals surface area contributed by atoms with Gasteiger partial charge >= 0.3 is 5.97 Å². The number of rotatable bonds is 5. The van der Waals surface area contributed by atoms with Crippen molar-refractivity contribution in [1.29, 1.82) is 0 Å². The van der Waals surface area contributed by atoms with Crippen LogP contribution in [0.25, 0.3) is 0 Å². The highest BCUT2D eigenvalue weighted by Gasteiger charge is 2.11. The molecule has 0 saturated heterocycles. The van der Waals surface area contributed by atoms with Crippen molar-refractivity contribution in [2.45, 2.75) is 68.2 Å². The summed E-state index contributed by atoms with van der Waals surface area (Å²) in [5.74, 6) is 0.544. The van der Waals surface area contributed by atoms with Crippen molar-refractivity contribution < 1.29 is 9.53 Å². The summed E-state index contributed by atoms with van der Waals surface area (Å²) >= 11 is 0. The molecule has 22 heavy (non-hydrogen) atoms. The number of hydrogen-bond donors (Lipinski definition) is 0. The molecule has 0 bridgehead atoms. The molecule has 1 atom stereocenters. The van der Waals surface area contributed by atoms with Gasteiger partial charge in [0.25, 0.3) is 0 Å². The van der Waals surface area contributed by atoms with E-state index in [9.17, 15) is 4.79 Å². The van der Waals surface area contributed by atoms with Crippen LogP contribution in [0.1, 0.15) is 67.4 Å². The summed E-state index contributed by atoms with van der Waals surface area (Å²) in [6, 6.07) is 10.1. The number of carbonyl (C=O) groups is 1. The average molecular weight is 309 g/mol. The second-order valence-corrected chi connectivity index (χ2v) is 4.18. The molecule has 0 aliphatic rings. The van der Waals surface area contributed by atoms with Gasteiger partial charge in [0.05, 0.1) is 5.76 Å². The van der Waals surface area contributed by atoms with Crippen molar-refractivity contribution in [3.05, 3.63) is 48.2 Å². The molecule has 0 N–H and O–H groups in total. The smallest absolute Gasteiger partial charge is 0.311 e. The number of hydrogen-bond acceptors (Lipinski definition) is 2. The Morgan fingerprint density at radius 2 is 1.50 bits per heavy atom. The minimum atomic E-state index is -0.198. The summed E-state index contributed by atoms with van der Waals surface area (Å²) < 4.78 is 4.93. The van der Waals surface area contributed by atoms with Crippen molar-refractivity contribution >= 4 is 5.97 Å². The minimum Gasteiger partial charge on any atom is -0.432 e. The molecule has 2 nitrogen and oxygen atoms in total. The molecule has 0 aromatic heterocycles. The van der Waals surface area contributed by atoms with Gasteiger partial charge in [-0.2, -0.15) is 0 Å². The van der Waals surface area contributed by atoms with Gasteiger partial charge in [-0.1, -0.05) is 85.4 Å². The Labute approximate surface area is 138 Å². The summed E-state index contributed by atoms with van der Waals surface area (Å²) in [5.41, 5.74) is 1.25. The van der Waals surface area contributed by atoms with Crippen LogP contribution in [-0.2, 0) is 16.0 Å². The number of carbonyl (C=O) groups excluding carboxylic acids is 1. The number of esters is 1. The Bertz CT molecular complexity index is 355. The van der Waals surface area contributed by atoms with Crippen LogP contribution in [-0.4, -0.2) is 5.97 Å². The topological polar surface area (TPSA) is 26.3 Å². The summed E-state index contributed by atoms with van der Waals surface area (Å²) in [4.78, 5) is 11.4. The van der Waals surface area contributed by atoms with E-state index in [1.165, 1.54) is 5.56 Å². The molecule has 0 saturated carbocycles. The molecule has 2 heteroatoms. The van der Waals surface area contributed by atoms with E-state index in [0.29, 0.717) is 12.2 Å². The molecule has 0 aliphatic carbocycles. The Kier molecular flexibility index (Phi) is 22.4. The van der Waals surface area contributed by atoms with Gasteiger partial charge in [0.2, 0.25) is 0 Å². The molecule has 0 aliphatic heterocycles. The first-order chi connectivity index (χ1) is 10.6. The predicted molar refractivity (Wildman–Crippen MR) is 98.9 cm³/mol. The number of allylic oxidation sites excluding steroid dienone is 1. The highest BCUT2D eigenvalue weighted by atomic mass is 16.5. The van der Waals surface area contributed by atoms with Gasteiger partial charge in [-0.25, -0.2) is 0 Å². The molecular weight excluding hydrogens is 272 g/mol. The molecule has 1 rings (SSSR count). The van der Waals surface area contributed by atoms with Crippen molar-refractivity contribution in [1.82, 2.24) is 0 Å². The maximum absolute atomic E-state index is 11.4. The third-order valence-corrected chi connectivity index (χ3v) is 2.23. The zero-order valence-electron chi connectivity index (χ0n) is 15.9. The number of benzene rings is 1. The maximum atomic E-state index is 11.4. The van der Waals surface area contributed by atoms with Crippen molar-refractivity contribution in [2.24, 2.45) is 5.92 Å². The molecule has 1 aromatic carbocycles. The monoisotopic (exact) mass is 308 g/mol. The van der Waals surface area contributed by atoms with E-state index >= 15 is 0 Å². The van der Waals surface area contributed by atoms with Crippen LogP contribution in [0.15, 0.2) is 42.7 Å². The zero-order chi connectivity index (χ0) is 18.0. The normalized spacial score (nSPS) is 9.45. The molecule has 0 amide bonds. The Morgan fingerprint density at radius 1 is 1.05 bits per heavy atom. The summed E-state index contributed by atoms with van der Waals surface area (Å²) in [6.45, 7) is 19.3. The van der Waals surface area contributed by atoms with E-state index in [1.807, 2.05) is 66.7 Å². The van der Waals surface area contributed by atoms with Gasteiger partial charge < -0.3 is 4.74 Å². The van der Waals surface area contributed by atoms with Crippen molar-refractivity contribution in [3.63, 3.8) is 0 Å².